The number of hydrogen-bond donors (Lipinski definition) is 0. The lowest BCUT2D eigenvalue weighted by atomic mass is 10.0. The summed E-state index contributed by atoms with van der Waals surface area (Å²) in [5, 5.41) is 0. The Hall–Kier alpha value is -1.78. The number of likely N-dealkylation sites (N-methyl/N-ethyl adjacent to an activating group) is 1. The second-order valence-electron chi connectivity index (χ2n) is 5.34. The molecule has 0 saturated carbocycles. The van der Waals surface area contributed by atoms with Crippen LogP contribution in [0.15, 0.2) is 48.9 Å². The van der Waals surface area contributed by atoms with E-state index in [0.29, 0.717) is 6.04 Å². The highest BCUT2D eigenvalue weighted by molar-refractivity contribution is 5.20. The van der Waals surface area contributed by atoms with Gasteiger partial charge in [0, 0.05) is 50.8 Å². The van der Waals surface area contributed by atoms with Crippen LogP contribution in [-0.2, 0) is 6.54 Å². The van der Waals surface area contributed by atoms with E-state index in [-0.39, 0.29) is 0 Å². The minimum absolute atomic E-state index is 0.460. The van der Waals surface area contributed by atoms with E-state index in [9.17, 15) is 0 Å². The van der Waals surface area contributed by atoms with Crippen LogP contribution in [0.3, 0.4) is 0 Å². The lowest BCUT2D eigenvalue weighted by Gasteiger charge is -2.39. The molecular weight excluding hydrogens is 248 g/mol. The summed E-state index contributed by atoms with van der Waals surface area (Å²) < 4.78 is 0. The number of hydrogen-bond acceptors (Lipinski definition) is 4. The van der Waals surface area contributed by atoms with Crippen molar-refractivity contribution in [2.45, 2.75) is 12.6 Å². The normalized spacial score (nSPS) is 20.9. The molecule has 1 aliphatic heterocycles. The van der Waals surface area contributed by atoms with E-state index >= 15 is 0 Å². The fraction of sp³-hybridized carbons (Fsp3) is 0.375. The standard InChI is InChI=1S/C16H20N4/c1-19-9-10-20(12-15-11-17-7-8-18-15)13-16(19)14-5-3-2-4-6-14/h2-8,11,16H,9-10,12-13H2,1H3/t16-/m1/s1. The Balaban J connectivity index is 1.70. The van der Waals surface area contributed by atoms with Crippen molar-refractivity contribution in [2.75, 3.05) is 26.7 Å². The maximum absolute atomic E-state index is 4.37. The summed E-state index contributed by atoms with van der Waals surface area (Å²) in [6.07, 6.45) is 5.34. The zero-order valence-electron chi connectivity index (χ0n) is 11.8. The van der Waals surface area contributed by atoms with Gasteiger partial charge in [-0.25, -0.2) is 0 Å². The molecule has 1 atom stereocenters. The van der Waals surface area contributed by atoms with Gasteiger partial charge in [-0.15, -0.1) is 0 Å². The van der Waals surface area contributed by atoms with Crippen molar-refractivity contribution in [1.82, 2.24) is 19.8 Å². The Bertz CT molecular complexity index is 529. The molecule has 2 heterocycles. The first-order valence-electron chi connectivity index (χ1n) is 7.05. The fourth-order valence-electron chi connectivity index (χ4n) is 2.75. The summed E-state index contributed by atoms with van der Waals surface area (Å²) >= 11 is 0. The van der Waals surface area contributed by atoms with Gasteiger partial charge in [-0.2, -0.15) is 0 Å². The minimum atomic E-state index is 0.460. The van der Waals surface area contributed by atoms with Crippen LogP contribution in [0, 0.1) is 0 Å². The van der Waals surface area contributed by atoms with Gasteiger partial charge in [-0.05, 0) is 12.6 Å². The molecule has 0 bridgehead atoms. The van der Waals surface area contributed by atoms with Crippen LogP contribution < -0.4 is 0 Å². The van der Waals surface area contributed by atoms with Gasteiger partial charge in [0.1, 0.15) is 0 Å². The molecule has 2 aromatic rings. The third kappa shape index (κ3) is 3.03. The summed E-state index contributed by atoms with van der Waals surface area (Å²) in [5.41, 5.74) is 2.43. The first kappa shape index (κ1) is 13.2. The molecule has 4 heteroatoms. The third-order valence-electron chi connectivity index (χ3n) is 3.92. The van der Waals surface area contributed by atoms with Gasteiger partial charge >= 0.3 is 0 Å². The lowest BCUT2D eigenvalue weighted by molar-refractivity contribution is 0.0895. The molecular formula is C16H20N4. The van der Waals surface area contributed by atoms with Gasteiger partial charge in [-0.3, -0.25) is 19.8 Å². The number of rotatable bonds is 3. The Morgan fingerprint density at radius 2 is 2.00 bits per heavy atom. The van der Waals surface area contributed by atoms with Crippen LogP contribution in [0.1, 0.15) is 17.3 Å². The van der Waals surface area contributed by atoms with Crippen molar-refractivity contribution in [1.29, 1.82) is 0 Å². The molecule has 0 N–H and O–H groups in total. The second-order valence-corrected chi connectivity index (χ2v) is 5.34. The first-order valence-corrected chi connectivity index (χ1v) is 7.05. The summed E-state index contributed by atoms with van der Waals surface area (Å²) in [7, 11) is 2.21. The highest BCUT2D eigenvalue weighted by atomic mass is 15.3. The molecule has 1 aromatic carbocycles. The second kappa shape index (κ2) is 6.11. The predicted octanol–water partition coefficient (Wildman–Crippen LogP) is 1.97. The van der Waals surface area contributed by atoms with E-state index in [1.165, 1.54) is 5.56 Å². The van der Waals surface area contributed by atoms with Gasteiger partial charge < -0.3 is 0 Å². The molecule has 0 amide bonds. The Kier molecular flexibility index (Phi) is 4.04. The highest BCUT2D eigenvalue weighted by Gasteiger charge is 2.25. The van der Waals surface area contributed by atoms with Crippen LogP contribution in [0.5, 0.6) is 0 Å². The summed E-state index contributed by atoms with van der Waals surface area (Å²) in [5.74, 6) is 0. The maximum Gasteiger partial charge on any atom is 0.0726 e. The van der Waals surface area contributed by atoms with Crippen molar-refractivity contribution >= 4 is 0 Å². The number of benzene rings is 1. The van der Waals surface area contributed by atoms with Crippen LogP contribution in [0.25, 0.3) is 0 Å². The Morgan fingerprint density at radius 1 is 1.15 bits per heavy atom. The van der Waals surface area contributed by atoms with Crippen LogP contribution in [0.2, 0.25) is 0 Å². The third-order valence-corrected chi connectivity index (χ3v) is 3.92. The zero-order chi connectivity index (χ0) is 13.8. The van der Waals surface area contributed by atoms with Crippen molar-refractivity contribution in [3.05, 3.63) is 60.2 Å². The van der Waals surface area contributed by atoms with Crippen molar-refractivity contribution in [2.24, 2.45) is 0 Å². The monoisotopic (exact) mass is 268 g/mol. The van der Waals surface area contributed by atoms with E-state index in [2.05, 4.69) is 57.1 Å². The van der Waals surface area contributed by atoms with Crippen LogP contribution in [0.4, 0.5) is 0 Å². The van der Waals surface area contributed by atoms with Crippen molar-refractivity contribution in [3.8, 4) is 0 Å². The van der Waals surface area contributed by atoms with E-state index in [0.717, 1.165) is 31.9 Å². The number of piperazine rings is 1. The Morgan fingerprint density at radius 3 is 2.75 bits per heavy atom. The molecule has 0 aliphatic carbocycles. The topological polar surface area (TPSA) is 32.3 Å². The summed E-state index contributed by atoms with van der Waals surface area (Å²) in [6, 6.07) is 11.2. The molecule has 1 aromatic heterocycles. The smallest absolute Gasteiger partial charge is 0.0726 e. The molecule has 0 unspecified atom stereocenters. The fourth-order valence-corrected chi connectivity index (χ4v) is 2.75. The molecule has 4 nitrogen and oxygen atoms in total. The molecule has 20 heavy (non-hydrogen) atoms. The van der Waals surface area contributed by atoms with Crippen molar-refractivity contribution < 1.29 is 0 Å². The van der Waals surface area contributed by atoms with E-state index in [4.69, 9.17) is 0 Å². The molecule has 1 aliphatic rings. The average molecular weight is 268 g/mol. The van der Waals surface area contributed by atoms with Gasteiger partial charge in [-0.1, -0.05) is 30.3 Å². The van der Waals surface area contributed by atoms with Gasteiger partial charge in [0.2, 0.25) is 0 Å². The summed E-state index contributed by atoms with van der Waals surface area (Å²) in [6.45, 7) is 4.08. The molecule has 3 rings (SSSR count). The number of aromatic nitrogens is 2. The zero-order valence-corrected chi connectivity index (χ0v) is 11.8. The van der Waals surface area contributed by atoms with E-state index < -0.39 is 0 Å². The molecule has 0 radical (unpaired) electrons. The maximum atomic E-state index is 4.37. The molecule has 1 fully saturated rings. The SMILES string of the molecule is CN1CCN(Cc2cnccn2)C[C@@H]1c1ccccc1. The highest BCUT2D eigenvalue weighted by Crippen LogP contribution is 2.24. The molecule has 1 saturated heterocycles. The predicted molar refractivity (Wildman–Crippen MR) is 79.1 cm³/mol. The lowest BCUT2D eigenvalue weighted by Crippen LogP contribution is -2.46. The van der Waals surface area contributed by atoms with Gasteiger partial charge in [0.15, 0.2) is 0 Å². The van der Waals surface area contributed by atoms with Crippen molar-refractivity contribution in [3.63, 3.8) is 0 Å². The molecule has 104 valence electrons. The first-order chi connectivity index (χ1) is 9.83. The van der Waals surface area contributed by atoms with E-state index in [1.54, 1.807) is 12.4 Å². The largest absolute Gasteiger partial charge is 0.297 e. The number of nitrogens with zero attached hydrogens (tertiary/aromatic N) is 4. The summed E-state index contributed by atoms with van der Waals surface area (Å²) in [4.78, 5) is 13.4. The Labute approximate surface area is 120 Å². The van der Waals surface area contributed by atoms with Crippen LogP contribution in [-0.4, -0.2) is 46.4 Å². The minimum Gasteiger partial charge on any atom is -0.297 e. The van der Waals surface area contributed by atoms with E-state index in [1.807, 2.05) is 6.20 Å². The van der Waals surface area contributed by atoms with Gasteiger partial charge in [0.05, 0.1) is 5.69 Å². The van der Waals surface area contributed by atoms with Crippen LogP contribution >= 0.6 is 0 Å². The quantitative estimate of drug-likeness (QED) is 0.852. The molecule has 0 spiro atoms. The average Bonchev–Trinajstić information content (AvgIpc) is 2.51. The van der Waals surface area contributed by atoms with Gasteiger partial charge in [0.25, 0.3) is 0 Å².